The molecule has 1 amide bonds. The van der Waals surface area contributed by atoms with Crippen molar-refractivity contribution in [3.8, 4) is 10.4 Å². The monoisotopic (exact) mass is 393 g/mol. The van der Waals surface area contributed by atoms with Crippen LogP contribution in [0, 0.1) is 13.8 Å². The van der Waals surface area contributed by atoms with E-state index in [1.807, 2.05) is 44.2 Å². The molecule has 0 bridgehead atoms. The van der Waals surface area contributed by atoms with Gasteiger partial charge in [0, 0.05) is 18.0 Å². The van der Waals surface area contributed by atoms with Crippen LogP contribution < -0.4 is 10.9 Å². The first-order valence-electron chi connectivity index (χ1n) is 8.78. The van der Waals surface area contributed by atoms with Crippen molar-refractivity contribution in [3.63, 3.8) is 0 Å². The number of nitrogens with one attached hydrogen (secondary N) is 1. The number of hydrogen-bond acceptors (Lipinski definition) is 5. The minimum atomic E-state index is -0.303. The molecule has 0 spiro atoms. The van der Waals surface area contributed by atoms with Crippen LogP contribution in [0.25, 0.3) is 20.7 Å². The van der Waals surface area contributed by atoms with Crippen molar-refractivity contribution in [2.45, 2.75) is 20.4 Å². The zero-order valence-corrected chi connectivity index (χ0v) is 16.6. The molecule has 0 atom stereocenters. The molecule has 4 rings (SSSR count). The van der Waals surface area contributed by atoms with E-state index < -0.39 is 0 Å². The summed E-state index contributed by atoms with van der Waals surface area (Å²) in [7, 11) is 1.75. The number of aromatic nitrogens is 4. The minimum Gasteiger partial charge on any atom is -0.309 e. The summed E-state index contributed by atoms with van der Waals surface area (Å²) in [5.74, 6) is 0.282. The predicted molar refractivity (Wildman–Crippen MR) is 111 cm³/mol. The Kier molecular flexibility index (Phi) is 4.56. The highest BCUT2D eigenvalue weighted by Crippen LogP contribution is 2.35. The average Bonchev–Trinajstić information content (AvgIpc) is 3.17. The van der Waals surface area contributed by atoms with E-state index in [9.17, 15) is 9.59 Å². The second-order valence-electron chi connectivity index (χ2n) is 6.62. The quantitative estimate of drug-likeness (QED) is 0.578. The van der Waals surface area contributed by atoms with E-state index in [1.54, 1.807) is 17.8 Å². The SMILES string of the molecule is Cc1cc(NC(=O)Cn2cnc3sc(-c4ccccc4)c(C)c3c2=O)n(C)n1. The maximum absolute atomic E-state index is 13.0. The van der Waals surface area contributed by atoms with E-state index in [1.165, 1.54) is 22.2 Å². The van der Waals surface area contributed by atoms with Gasteiger partial charge in [0.15, 0.2) is 0 Å². The van der Waals surface area contributed by atoms with Crippen molar-refractivity contribution >= 4 is 33.3 Å². The molecule has 28 heavy (non-hydrogen) atoms. The Hall–Kier alpha value is -3.26. The molecular formula is C20H19N5O2S. The molecule has 0 saturated heterocycles. The molecule has 142 valence electrons. The summed E-state index contributed by atoms with van der Waals surface area (Å²) in [6.07, 6.45) is 1.43. The highest BCUT2D eigenvalue weighted by atomic mass is 32.1. The van der Waals surface area contributed by atoms with Gasteiger partial charge in [-0.05, 0) is 25.0 Å². The molecule has 0 aliphatic carbocycles. The summed E-state index contributed by atoms with van der Waals surface area (Å²) in [5, 5.41) is 7.54. The Morgan fingerprint density at radius 3 is 2.64 bits per heavy atom. The fourth-order valence-electron chi connectivity index (χ4n) is 3.20. The second-order valence-corrected chi connectivity index (χ2v) is 7.62. The number of fused-ring (bicyclic) bond motifs is 1. The maximum atomic E-state index is 13.0. The van der Waals surface area contributed by atoms with Gasteiger partial charge in [0.25, 0.3) is 5.56 Å². The molecule has 3 aromatic heterocycles. The number of nitrogens with zero attached hydrogens (tertiary/aromatic N) is 4. The summed E-state index contributed by atoms with van der Waals surface area (Å²) in [4.78, 5) is 31.5. The molecule has 0 unspecified atom stereocenters. The van der Waals surface area contributed by atoms with Crippen molar-refractivity contribution in [1.29, 1.82) is 0 Å². The lowest BCUT2D eigenvalue weighted by Crippen LogP contribution is -2.28. The molecule has 7 nitrogen and oxygen atoms in total. The van der Waals surface area contributed by atoms with Crippen LogP contribution in [-0.2, 0) is 18.4 Å². The van der Waals surface area contributed by atoms with E-state index in [4.69, 9.17) is 0 Å². The van der Waals surface area contributed by atoms with E-state index in [0.29, 0.717) is 16.0 Å². The molecule has 0 fully saturated rings. The van der Waals surface area contributed by atoms with Gasteiger partial charge in [0.2, 0.25) is 5.91 Å². The van der Waals surface area contributed by atoms with Gasteiger partial charge in [0.1, 0.15) is 17.2 Å². The molecule has 1 N–H and O–H groups in total. The van der Waals surface area contributed by atoms with E-state index >= 15 is 0 Å². The summed E-state index contributed by atoms with van der Waals surface area (Å²) in [6, 6.07) is 11.7. The summed E-state index contributed by atoms with van der Waals surface area (Å²) >= 11 is 1.49. The Morgan fingerprint density at radius 1 is 1.21 bits per heavy atom. The second kappa shape index (κ2) is 7.05. The van der Waals surface area contributed by atoms with Gasteiger partial charge in [-0.15, -0.1) is 11.3 Å². The molecule has 0 saturated carbocycles. The number of hydrogen-bond donors (Lipinski definition) is 1. The lowest BCUT2D eigenvalue weighted by molar-refractivity contribution is -0.116. The fraction of sp³-hybridized carbons (Fsp3) is 0.200. The number of benzene rings is 1. The summed E-state index contributed by atoms with van der Waals surface area (Å²) < 4.78 is 2.93. The first-order valence-corrected chi connectivity index (χ1v) is 9.60. The normalized spacial score (nSPS) is 11.1. The van der Waals surface area contributed by atoms with E-state index in [0.717, 1.165) is 21.7 Å². The molecule has 0 aliphatic heterocycles. The van der Waals surface area contributed by atoms with Gasteiger partial charge in [-0.3, -0.25) is 18.8 Å². The number of thiophene rings is 1. The largest absolute Gasteiger partial charge is 0.309 e. The first kappa shape index (κ1) is 18.1. The number of carbonyl (C=O) groups excluding carboxylic acids is 1. The van der Waals surface area contributed by atoms with Crippen molar-refractivity contribution < 1.29 is 4.79 Å². The number of anilines is 1. The first-order chi connectivity index (χ1) is 13.4. The average molecular weight is 393 g/mol. The van der Waals surface area contributed by atoms with Crippen LogP contribution >= 0.6 is 11.3 Å². The molecule has 1 aromatic carbocycles. The van der Waals surface area contributed by atoms with Crippen LogP contribution in [0.1, 0.15) is 11.3 Å². The lowest BCUT2D eigenvalue weighted by atomic mass is 10.1. The molecule has 8 heteroatoms. The van der Waals surface area contributed by atoms with E-state index in [2.05, 4.69) is 15.4 Å². The Balaban J connectivity index is 1.66. The van der Waals surface area contributed by atoms with Crippen LogP contribution in [-0.4, -0.2) is 25.2 Å². The zero-order chi connectivity index (χ0) is 19.8. The van der Waals surface area contributed by atoms with Gasteiger partial charge >= 0.3 is 0 Å². The number of rotatable bonds is 4. The fourth-order valence-corrected chi connectivity index (χ4v) is 4.35. The Bertz CT molecular complexity index is 1240. The van der Waals surface area contributed by atoms with Crippen molar-refractivity contribution in [3.05, 3.63) is 64.3 Å². The predicted octanol–water partition coefficient (Wildman–Crippen LogP) is 3.11. The topological polar surface area (TPSA) is 81.8 Å². The summed E-state index contributed by atoms with van der Waals surface area (Å²) in [6.45, 7) is 3.66. The number of aryl methyl sites for hydroxylation is 3. The zero-order valence-electron chi connectivity index (χ0n) is 15.8. The van der Waals surface area contributed by atoms with Crippen LogP contribution in [0.5, 0.6) is 0 Å². The van der Waals surface area contributed by atoms with Gasteiger partial charge in [-0.1, -0.05) is 30.3 Å². The van der Waals surface area contributed by atoms with Crippen molar-refractivity contribution in [2.75, 3.05) is 5.32 Å². The molecular weight excluding hydrogens is 374 g/mol. The van der Waals surface area contributed by atoms with Crippen LogP contribution in [0.3, 0.4) is 0 Å². The number of carbonyl (C=O) groups is 1. The van der Waals surface area contributed by atoms with Crippen molar-refractivity contribution in [1.82, 2.24) is 19.3 Å². The van der Waals surface area contributed by atoms with Gasteiger partial charge < -0.3 is 5.32 Å². The van der Waals surface area contributed by atoms with E-state index in [-0.39, 0.29) is 18.0 Å². The van der Waals surface area contributed by atoms with Crippen LogP contribution in [0.4, 0.5) is 5.82 Å². The van der Waals surface area contributed by atoms with Gasteiger partial charge in [0.05, 0.1) is 17.4 Å². The van der Waals surface area contributed by atoms with Gasteiger partial charge in [-0.2, -0.15) is 5.10 Å². The Morgan fingerprint density at radius 2 is 1.96 bits per heavy atom. The lowest BCUT2D eigenvalue weighted by Gasteiger charge is -2.07. The van der Waals surface area contributed by atoms with Crippen molar-refractivity contribution in [2.24, 2.45) is 7.05 Å². The maximum Gasteiger partial charge on any atom is 0.262 e. The molecule has 0 radical (unpaired) electrons. The highest BCUT2D eigenvalue weighted by Gasteiger charge is 2.17. The molecule has 0 aliphatic rings. The summed E-state index contributed by atoms with van der Waals surface area (Å²) in [5.41, 5.74) is 2.54. The van der Waals surface area contributed by atoms with Crippen LogP contribution in [0.15, 0.2) is 47.5 Å². The standard InChI is InChI=1S/C20H19N5O2S/c1-12-9-15(24(3)23-12)22-16(26)10-25-11-21-19-17(20(25)27)13(2)18(28-19)14-7-5-4-6-8-14/h4-9,11H,10H2,1-3H3,(H,22,26). The highest BCUT2D eigenvalue weighted by molar-refractivity contribution is 7.22. The molecule has 4 aromatic rings. The molecule has 3 heterocycles. The number of amides is 1. The van der Waals surface area contributed by atoms with Crippen LogP contribution in [0.2, 0.25) is 0 Å². The third-order valence-electron chi connectivity index (χ3n) is 4.54. The third-order valence-corrected chi connectivity index (χ3v) is 5.79. The minimum absolute atomic E-state index is 0.109. The third kappa shape index (κ3) is 3.22. The Labute approximate surface area is 165 Å². The van der Waals surface area contributed by atoms with Gasteiger partial charge in [-0.25, -0.2) is 4.98 Å². The smallest absolute Gasteiger partial charge is 0.262 e.